The number of sulfonamides is 1. The number of hydrogen-bond acceptors (Lipinski definition) is 6. The van der Waals surface area contributed by atoms with Gasteiger partial charge in [-0.2, -0.15) is 13.2 Å². The van der Waals surface area contributed by atoms with Crippen LogP contribution < -0.4 is 9.62 Å². The lowest BCUT2D eigenvalue weighted by Gasteiger charge is -2.32. The van der Waals surface area contributed by atoms with Crippen LogP contribution in [0.2, 0.25) is 0 Å². The second kappa shape index (κ2) is 8.99. The molecule has 0 saturated carbocycles. The van der Waals surface area contributed by atoms with Crippen LogP contribution in [0.1, 0.15) is 5.56 Å². The number of rotatable bonds is 5. The van der Waals surface area contributed by atoms with Crippen LogP contribution in [0.25, 0.3) is 11.3 Å². The maximum absolute atomic E-state index is 12.7. The number of halogens is 3. The van der Waals surface area contributed by atoms with Crippen molar-refractivity contribution < 1.29 is 21.6 Å². The van der Waals surface area contributed by atoms with E-state index in [9.17, 15) is 21.6 Å². The third-order valence-electron chi connectivity index (χ3n) is 5.40. The minimum atomic E-state index is -4.53. The normalized spacial score (nSPS) is 15.5. The van der Waals surface area contributed by atoms with Crippen LogP contribution in [-0.2, 0) is 16.2 Å². The number of anilines is 2. The molecule has 1 saturated heterocycles. The molecule has 1 aromatic heterocycles. The van der Waals surface area contributed by atoms with E-state index in [-0.39, 0.29) is 10.6 Å². The van der Waals surface area contributed by atoms with Gasteiger partial charge in [-0.1, -0.05) is 12.1 Å². The van der Waals surface area contributed by atoms with E-state index in [2.05, 4.69) is 31.8 Å². The van der Waals surface area contributed by atoms with Gasteiger partial charge in [0.1, 0.15) is 0 Å². The molecule has 0 aliphatic carbocycles. The van der Waals surface area contributed by atoms with Gasteiger partial charge in [0.25, 0.3) is 10.0 Å². The van der Waals surface area contributed by atoms with Crippen molar-refractivity contribution in [2.75, 3.05) is 42.8 Å². The highest BCUT2D eigenvalue weighted by atomic mass is 32.2. The number of nitrogens with zero attached hydrogens (tertiary/aromatic N) is 4. The molecule has 0 unspecified atom stereocenters. The van der Waals surface area contributed by atoms with Crippen LogP contribution >= 0.6 is 0 Å². The maximum atomic E-state index is 12.7. The number of nitrogens with one attached hydrogen (secondary N) is 1. The summed E-state index contributed by atoms with van der Waals surface area (Å²) < 4.78 is 65.5. The molecule has 1 fully saturated rings. The summed E-state index contributed by atoms with van der Waals surface area (Å²) in [7, 11) is -1.95. The van der Waals surface area contributed by atoms with Gasteiger partial charge in [0, 0.05) is 37.4 Å². The van der Waals surface area contributed by atoms with Gasteiger partial charge in [-0.25, -0.2) is 8.42 Å². The Labute approximate surface area is 189 Å². The predicted octanol–water partition coefficient (Wildman–Crippen LogP) is 3.72. The Balaban J connectivity index is 1.43. The topological polar surface area (TPSA) is 78.4 Å². The summed E-state index contributed by atoms with van der Waals surface area (Å²) in [6.07, 6.45) is -4.53. The summed E-state index contributed by atoms with van der Waals surface area (Å²) in [6.45, 7) is 3.71. The average molecular weight is 478 g/mol. The number of aromatic nitrogens is 2. The first-order valence-corrected chi connectivity index (χ1v) is 11.7. The first-order valence-electron chi connectivity index (χ1n) is 10.2. The van der Waals surface area contributed by atoms with Gasteiger partial charge in [0.05, 0.1) is 16.2 Å². The summed E-state index contributed by atoms with van der Waals surface area (Å²) in [5.74, 6) is 0.813. The second-order valence-corrected chi connectivity index (χ2v) is 9.45. The van der Waals surface area contributed by atoms with E-state index < -0.39 is 21.8 Å². The molecule has 1 aliphatic rings. The number of benzene rings is 2. The van der Waals surface area contributed by atoms with Gasteiger partial charge in [-0.15, -0.1) is 10.2 Å². The molecule has 33 heavy (non-hydrogen) atoms. The molecule has 2 heterocycles. The minimum Gasteiger partial charge on any atom is -0.353 e. The Hall–Kier alpha value is -3.18. The molecule has 7 nitrogen and oxygen atoms in total. The van der Waals surface area contributed by atoms with E-state index in [1.54, 1.807) is 24.3 Å². The molecule has 4 rings (SSSR count). The zero-order chi connectivity index (χ0) is 23.6. The number of alkyl halides is 3. The van der Waals surface area contributed by atoms with E-state index in [1.807, 2.05) is 12.1 Å². The molecular weight excluding hydrogens is 455 g/mol. The van der Waals surface area contributed by atoms with Gasteiger partial charge >= 0.3 is 6.18 Å². The lowest BCUT2D eigenvalue weighted by atomic mass is 10.1. The van der Waals surface area contributed by atoms with Crippen molar-refractivity contribution in [1.29, 1.82) is 0 Å². The maximum Gasteiger partial charge on any atom is 0.416 e. The van der Waals surface area contributed by atoms with E-state index in [1.165, 1.54) is 0 Å². The quantitative estimate of drug-likeness (QED) is 0.604. The fourth-order valence-electron chi connectivity index (χ4n) is 3.43. The Morgan fingerprint density at radius 2 is 1.48 bits per heavy atom. The minimum absolute atomic E-state index is 0.259. The van der Waals surface area contributed by atoms with Gasteiger partial charge < -0.3 is 9.80 Å². The predicted molar refractivity (Wildman–Crippen MR) is 119 cm³/mol. The molecule has 0 amide bonds. The summed E-state index contributed by atoms with van der Waals surface area (Å²) >= 11 is 0. The molecule has 3 aromatic rings. The fourth-order valence-corrected chi connectivity index (χ4v) is 4.49. The summed E-state index contributed by atoms with van der Waals surface area (Å²) in [6, 6.07) is 13.6. The largest absolute Gasteiger partial charge is 0.416 e. The van der Waals surface area contributed by atoms with Crippen LogP contribution in [-0.4, -0.2) is 56.7 Å². The molecule has 11 heteroatoms. The zero-order valence-corrected chi connectivity index (χ0v) is 18.6. The highest BCUT2D eigenvalue weighted by molar-refractivity contribution is 7.92. The lowest BCUT2D eigenvalue weighted by molar-refractivity contribution is -0.137. The van der Waals surface area contributed by atoms with Crippen LogP contribution in [0.5, 0.6) is 0 Å². The zero-order valence-electron chi connectivity index (χ0n) is 17.7. The molecule has 1 aliphatic heterocycles. The van der Waals surface area contributed by atoms with Crippen molar-refractivity contribution in [2.45, 2.75) is 11.1 Å². The fraction of sp³-hybridized carbons (Fsp3) is 0.273. The highest BCUT2D eigenvalue weighted by Crippen LogP contribution is 2.30. The van der Waals surface area contributed by atoms with Crippen LogP contribution in [0.3, 0.4) is 0 Å². The Kier molecular flexibility index (Phi) is 6.26. The Morgan fingerprint density at radius 1 is 0.848 bits per heavy atom. The Bertz CT molecular complexity index is 1190. The molecule has 2 aromatic carbocycles. The summed E-state index contributed by atoms with van der Waals surface area (Å²) in [5.41, 5.74) is 0.765. The number of piperazine rings is 1. The van der Waals surface area contributed by atoms with Crippen LogP contribution in [0, 0.1) is 0 Å². The van der Waals surface area contributed by atoms with E-state index in [0.29, 0.717) is 5.69 Å². The van der Waals surface area contributed by atoms with Crippen molar-refractivity contribution in [2.24, 2.45) is 0 Å². The first kappa shape index (κ1) is 23.0. The van der Waals surface area contributed by atoms with Crippen molar-refractivity contribution in [3.8, 4) is 11.3 Å². The van der Waals surface area contributed by atoms with Gasteiger partial charge in [-0.3, -0.25) is 4.72 Å². The molecular formula is C22H22F3N5O2S. The molecule has 0 bridgehead atoms. The van der Waals surface area contributed by atoms with Crippen molar-refractivity contribution in [1.82, 2.24) is 15.1 Å². The SMILES string of the molecule is CN1CCN(c2ccc(-c3ccc(NS(=O)(=O)c4ccc(C(F)(F)F)cc4)cc3)nn2)CC1. The molecule has 0 atom stereocenters. The van der Waals surface area contributed by atoms with E-state index >= 15 is 0 Å². The van der Waals surface area contributed by atoms with Crippen molar-refractivity contribution in [3.63, 3.8) is 0 Å². The van der Waals surface area contributed by atoms with Gasteiger partial charge in [0.15, 0.2) is 5.82 Å². The standard InChI is InChI=1S/C22H22F3N5O2S/c1-29-12-14-30(15-13-29)21-11-10-20(26-27-21)16-2-6-18(7-3-16)28-33(31,32)19-8-4-17(5-9-19)22(23,24)25/h2-11,28H,12-15H2,1H3. The van der Waals surface area contributed by atoms with E-state index in [0.717, 1.165) is 61.8 Å². The molecule has 0 spiro atoms. The second-order valence-electron chi connectivity index (χ2n) is 7.77. The summed E-state index contributed by atoms with van der Waals surface area (Å²) in [4.78, 5) is 4.17. The van der Waals surface area contributed by atoms with E-state index in [4.69, 9.17) is 0 Å². The van der Waals surface area contributed by atoms with Gasteiger partial charge in [0.2, 0.25) is 0 Å². The molecule has 0 radical (unpaired) electrons. The third kappa shape index (κ3) is 5.42. The van der Waals surface area contributed by atoms with Crippen LogP contribution in [0.15, 0.2) is 65.6 Å². The number of likely N-dealkylation sites (N-methyl/N-ethyl adjacent to an activating group) is 1. The summed E-state index contributed by atoms with van der Waals surface area (Å²) in [5, 5.41) is 8.60. The third-order valence-corrected chi connectivity index (χ3v) is 6.80. The smallest absolute Gasteiger partial charge is 0.353 e. The highest BCUT2D eigenvalue weighted by Gasteiger charge is 2.30. The average Bonchev–Trinajstić information content (AvgIpc) is 2.80. The van der Waals surface area contributed by atoms with Gasteiger partial charge in [-0.05, 0) is 55.6 Å². The number of hydrogen-bond donors (Lipinski definition) is 1. The van der Waals surface area contributed by atoms with Crippen molar-refractivity contribution in [3.05, 3.63) is 66.2 Å². The Morgan fingerprint density at radius 3 is 2.03 bits per heavy atom. The first-order chi connectivity index (χ1) is 15.6. The lowest BCUT2D eigenvalue weighted by Crippen LogP contribution is -2.44. The van der Waals surface area contributed by atoms with Crippen LogP contribution in [0.4, 0.5) is 24.7 Å². The monoisotopic (exact) mass is 477 g/mol. The molecule has 174 valence electrons. The van der Waals surface area contributed by atoms with Crippen molar-refractivity contribution >= 4 is 21.5 Å². The molecule has 1 N–H and O–H groups in total.